The number of likely N-dealkylation sites (tertiary alicyclic amines) is 1. The van der Waals surface area contributed by atoms with Crippen LogP contribution in [0.1, 0.15) is 46.5 Å². The quantitative estimate of drug-likeness (QED) is 0.713. The van der Waals surface area contributed by atoms with Gasteiger partial charge in [-0.2, -0.15) is 0 Å². The van der Waals surface area contributed by atoms with Crippen molar-refractivity contribution < 1.29 is 19.8 Å². The van der Waals surface area contributed by atoms with Crippen molar-refractivity contribution in [1.29, 1.82) is 0 Å². The first-order valence-corrected chi connectivity index (χ1v) is 7.31. The van der Waals surface area contributed by atoms with E-state index < -0.39 is 24.1 Å². The molecule has 2 amide bonds. The monoisotopic (exact) mass is 286 g/mol. The number of hydrogen-bond acceptors (Lipinski definition) is 3. The molecular formula is C14H26N2O4. The van der Waals surface area contributed by atoms with E-state index in [2.05, 4.69) is 19.2 Å². The Balaban J connectivity index is 2.56. The molecule has 1 aliphatic rings. The molecule has 1 rings (SSSR count). The molecule has 0 spiro atoms. The number of amides is 2. The molecular weight excluding hydrogens is 260 g/mol. The van der Waals surface area contributed by atoms with Gasteiger partial charge in [-0.3, -0.25) is 0 Å². The molecule has 1 fully saturated rings. The van der Waals surface area contributed by atoms with Gasteiger partial charge in [0, 0.05) is 13.1 Å². The summed E-state index contributed by atoms with van der Waals surface area (Å²) in [7, 11) is 0. The van der Waals surface area contributed by atoms with E-state index in [4.69, 9.17) is 5.11 Å². The van der Waals surface area contributed by atoms with Crippen molar-refractivity contribution >= 4 is 12.0 Å². The molecule has 1 aliphatic heterocycles. The van der Waals surface area contributed by atoms with E-state index in [9.17, 15) is 14.7 Å². The van der Waals surface area contributed by atoms with E-state index in [0.717, 1.165) is 25.7 Å². The Labute approximate surface area is 120 Å². The highest BCUT2D eigenvalue weighted by molar-refractivity contribution is 5.83. The van der Waals surface area contributed by atoms with Crippen molar-refractivity contribution in [3.63, 3.8) is 0 Å². The maximum atomic E-state index is 12.0. The molecule has 0 bridgehead atoms. The third-order valence-electron chi connectivity index (χ3n) is 4.64. The van der Waals surface area contributed by atoms with Crippen LogP contribution in [0.15, 0.2) is 0 Å². The Hall–Kier alpha value is -1.30. The van der Waals surface area contributed by atoms with E-state index in [0.29, 0.717) is 18.5 Å². The van der Waals surface area contributed by atoms with Gasteiger partial charge in [0.25, 0.3) is 0 Å². The number of nitrogens with one attached hydrogen (secondary N) is 1. The SMILES string of the molecule is CCC1(CC)CCN(C(=O)NC(C(=O)O)C(C)O)CC1. The van der Waals surface area contributed by atoms with Crippen LogP contribution in [-0.2, 0) is 4.79 Å². The third-order valence-corrected chi connectivity index (χ3v) is 4.64. The molecule has 3 N–H and O–H groups in total. The van der Waals surface area contributed by atoms with Crippen molar-refractivity contribution in [1.82, 2.24) is 10.2 Å². The summed E-state index contributed by atoms with van der Waals surface area (Å²) in [5, 5.41) is 20.7. The molecule has 0 radical (unpaired) electrons. The minimum atomic E-state index is -1.26. The average molecular weight is 286 g/mol. The minimum Gasteiger partial charge on any atom is -0.480 e. The van der Waals surface area contributed by atoms with Crippen LogP contribution >= 0.6 is 0 Å². The van der Waals surface area contributed by atoms with Crippen molar-refractivity contribution in [2.45, 2.75) is 58.6 Å². The molecule has 6 heteroatoms. The Kier molecular flexibility index (Phi) is 5.80. The van der Waals surface area contributed by atoms with Gasteiger partial charge in [-0.05, 0) is 25.2 Å². The van der Waals surface area contributed by atoms with E-state index in [1.165, 1.54) is 6.92 Å². The summed E-state index contributed by atoms with van der Waals surface area (Å²) in [5.41, 5.74) is 0.313. The molecule has 1 heterocycles. The number of rotatable bonds is 5. The number of urea groups is 1. The summed E-state index contributed by atoms with van der Waals surface area (Å²) in [5.74, 6) is -1.22. The summed E-state index contributed by atoms with van der Waals surface area (Å²) in [6.07, 6.45) is 2.97. The van der Waals surface area contributed by atoms with Crippen LogP contribution in [0, 0.1) is 5.41 Å². The number of piperidine rings is 1. The molecule has 0 aromatic heterocycles. The van der Waals surface area contributed by atoms with Crippen LogP contribution in [0.3, 0.4) is 0 Å². The smallest absolute Gasteiger partial charge is 0.328 e. The second-order valence-corrected chi connectivity index (χ2v) is 5.70. The number of carboxylic acids is 1. The summed E-state index contributed by atoms with van der Waals surface area (Å²) in [4.78, 5) is 24.6. The lowest BCUT2D eigenvalue weighted by Crippen LogP contribution is -2.54. The van der Waals surface area contributed by atoms with Crippen LogP contribution in [0.4, 0.5) is 4.79 Å². The number of carbonyl (C=O) groups excluding carboxylic acids is 1. The van der Waals surface area contributed by atoms with Crippen molar-refractivity contribution in [2.24, 2.45) is 5.41 Å². The van der Waals surface area contributed by atoms with Crippen LogP contribution in [0.25, 0.3) is 0 Å². The maximum Gasteiger partial charge on any atom is 0.328 e. The average Bonchev–Trinajstić information content (AvgIpc) is 2.43. The number of aliphatic hydroxyl groups is 1. The molecule has 0 aliphatic carbocycles. The fraction of sp³-hybridized carbons (Fsp3) is 0.857. The lowest BCUT2D eigenvalue weighted by atomic mass is 9.74. The first-order chi connectivity index (χ1) is 9.35. The van der Waals surface area contributed by atoms with Gasteiger partial charge in [-0.1, -0.05) is 26.7 Å². The Morgan fingerprint density at radius 2 is 1.75 bits per heavy atom. The molecule has 2 unspecified atom stereocenters. The zero-order valence-corrected chi connectivity index (χ0v) is 12.6. The molecule has 116 valence electrons. The zero-order chi connectivity index (χ0) is 15.3. The molecule has 0 aromatic carbocycles. The van der Waals surface area contributed by atoms with E-state index in [1.807, 2.05) is 0 Å². The minimum absolute atomic E-state index is 0.313. The van der Waals surface area contributed by atoms with Crippen molar-refractivity contribution in [2.75, 3.05) is 13.1 Å². The van der Waals surface area contributed by atoms with Crippen LogP contribution in [0.2, 0.25) is 0 Å². The first kappa shape index (κ1) is 16.8. The Morgan fingerprint density at radius 3 is 2.10 bits per heavy atom. The topological polar surface area (TPSA) is 89.9 Å². The number of aliphatic carboxylic acids is 1. The molecule has 6 nitrogen and oxygen atoms in total. The van der Waals surface area contributed by atoms with Gasteiger partial charge < -0.3 is 20.4 Å². The van der Waals surface area contributed by atoms with Crippen molar-refractivity contribution in [3.8, 4) is 0 Å². The second kappa shape index (κ2) is 6.92. The van der Waals surface area contributed by atoms with Gasteiger partial charge in [0.2, 0.25) is 0 Å². The fourth-order valence-electron chi connectivity index (χ4n) is 2.75. The number of hydrogen-bond donors (Lipinski definition) is 3. The van der Waals surface area contributed by atoms with Gasteiger partial charge in [-0.25, -0.2) is 9.59 Å². The largest absolute Gasteiger partial charge is 0.480 e. The summed E-state index contributed by atoms with van der Waals surface area (Å²) in [6.45, 7) is 6.98. The number of carbonyl (C=O) groups is 2. The van der Waals surface area contributed by atoms with Crippen LogP contribution in [0.5, 0.6) is 0 Å². The van der Waals surface area contributed by atoms with Crippen molar-refractivity contribution in [3.05, 3.63) is 0 Å². The molecule has 1 saturated heterocycles. The summed E-state index contributed by atoms with van der Waals surface area (Å²) < 4.78 is 0. The first-order valence-electron chi connectivity index (χ1n) is 7.31. The van der Waals surface area contributed by atoms with Gasteiger partial charge in [0.1, 0.15) is 0 Å². The predicted molar refractivity (Wildman–Crippen MR) is 75.5 cm³/mol. The van der Waals surface area contributed by atoms with Gasteiger partial charge in [-0.15, -0.1) is 0 Å². The molecule has 0 saturated carbocycles. The summed E-state index contributed by atoms with van der Waals surface area (Å²) in [6, 6.07) is -1.66. The highest BCUT2D eigenvalue weighted by Gasteiger charge is 2.34. The maximum absolute atomic E-state index is 12.0. The summed E-state index contributed by atoms with van der Waals surface area (Å²) >= 11 is 0. The molecule has 20 heavy (non-hydrogen) atoms. The fourth-order valence-corrected chi connectivity index (χ4v) is 2.75. The molecule has 0 aromatic rings. The van der Waals surface area contributed by atoms with E-state index in [1.54, 1.807) is 4.90 Å². The van der Waals surface area contributed by atoms with Crippen LogP contribution < -0.4 is 5.32 Å². The van der Waals surface area contributed by atoms with Crippen LogP contribution in [-0.4, -0.2) is 52.3 Å². The number of carboxylic acid groups (broad SMARTS) is 1. The third kappa shape index (κ3) is 3.85. The number of aliphatic hydroxyl groups excluding tert-OH is 1. The second-order valence-electron chi connectivity index (χ2n) is 5.70. The van der Waals surface area contributed by atoms with Gasteiger partial charge in [0.15, 0.2) is 6.04 Å². The normalized spacial score (nSPS) is 21.1. The standard InChI is InChI=1S/C14H26N2O4/c1-4-14(5-2)6-8-16(9-7-14)13(20)15-11(10(3)17)12(18)19/h10-11,17H,4-9H2,1-3H3,(H,15,20)(H,18,19). The van der Waals surface area contributed by atoms with Gasteiger partial charge in [0.05, 0.1) is 6.10 Å². The highest BCUT2D eigenvalue weighted by Crippen LogP contribution is 2.37. The predicted octanol–water partition coefficient (Wildman–Crippen LogP) is 1.43. The van der Waals surface area contributed by atoms with E-state index in [-0.39, 0.29) is 0 Å². The Bertz CT molecular complexity index is 343. The lowest BCUT2D eigenvalue weighted by Gasteiger charge is -2.41. The van der Waals surface area contributed by atoms with Gasteiger partial charge >= 0.3 is 12.0 Å². The molecule has 2 atom stereocenters. The number of nitrogens with zero attached hydrogens (tertiary/aromatic N) is 1. The zero-order valence-electron chi connectivity index (χ0n) is 12.6. The van der Waals surface area contributed by atoms with E-state index >= 15 is 0 Å². The Morgan fingerprint density at radius 1 is 1.25 bits per heavy atom. The highest BCUT2D eigenvalue weighted by atomic mass is 16.4. The lowest BCUT2D eigenvalue weighted by molar-refractivity contribution is -0.141.